The van der Waals surface area contributed by atoms with Gasteiger partial charge in [-0.05, 0) is 31.2 Å². The van der Waals surface area contributed by atoms with Gasteiger partial charge in [0.2, 0.25) is 5.88 Å². The van der Waals surface area contributed by atoms with Gasteiger partial charge in [0.1, 0.15) is 4.83 Å². The van der Waals surface area contributed by atoms with E-state index in [1.54, 1.807) is 11.3 Å². The zero-order valence-corrected chi connectivity index (χ0v) is 13.5. The summed E-state index contributed by atoms with van der Waals surface area (Å²) in [4.78, 5) is 11.9. The molecule has 0 saturated carbocycles. The molecule has 0 bridgehead atoms. The van der Waals surface area contributed by atoms with Crippen molar-refractivity contribution in [3.8, 4) is 29.6 Å². The van der Waals surface area contributed by atoms with Crippen LogP contribution in [0.3, 0.4) is 0 Å². The van der Waals surface area contributed by atoms with E-state index in [1.165, 1.54) is 23.3 Å². The number of ether oxygens (including phenoxy) is 1. The lowest BCUT2D eigenvalue weighted by Gasteiger charge is -2.12. The second kappa shape index (κ2) is 6.02. The summed E-state index contributed by atoms with van der Waals surface area (Å²) in [6, 6.07) is 10.00. The van der Waals surface area contributed by atoms with Gasteiger partial charge >= 0.3 is 0 Å². The largest absolute Gasteiger partial charge is 0.464 e. The zero-order valence-electron chi connectivity index (χ0n) is 12.7. The number of nitrogens with zero attached hydrogens (tertiary/aromatic N) is 2. The van der Waals surface area contributed by atoms with Crippen molar-refractivity contribution in [1.29, 1.82) is 0 Å². The van der Waals surface area contributed by atoms with Gasteiger partial charge in [0, 0.05) is 10.4 Å². The van der Waals surface area contributed by atoms with Gasteiger partial charge < -0.3 is 4.74 Å². The van der Waals surface area contributed by atoms with Crippen molar-refractivity contribution < 1.29 is 4.74 Å². The minimum atomic E-state index is 0.227. The summed E-state index contributed by atoms with van der Waals surface area (Å²) in [6.45, 7) is 0.227. The molecule has 0 saturated heterocycles. The van der Waals surface area contributed by atoms with Gasteiger partial charge in [-0.2, -0.15) is 4.98 Å². The van der Waals surface area contributed by atoms with Crippen molar-refractivity contribution in [2.24, 2.45) is 0 Å². The van der Waals surface area contributed by atoms with Crippen LogP contribution in [0.4, 0.5) is 0 Å². The number of hydrogen-bond donors (Lipinski definition) is 0. The molecular formula is C19H16N2OS. The smallest absolute Gasteiger partial charge is 0.227 e. The molecule has 0 radical (unpaired) electrons. The third-order valence-corrected chi connectivity index (χ3v) is 5.29. The molecule has 0 spiro atoms. The number of aromatic nitrogens is 2. The second-order valence-corrected chi connectivity index (χ2v) is 6.69. The molecule has 2 aromatic heterocycles. The van der Waals surface area contributed by atoms with Crippen LogP contribution in [0, 0.1) is 12.3 Å². The molecule has 0 atom stereocenters. The maximum absolute atomic E-state index is 5.77. The fourth-order valence-corrected chi connectivity index (χ4v) is 4.31. The van der Waals surface area contributed by atoms with E-state index in [2.05, 4.69) is 10.9 Å². The molecule has 3 aromatic rings. The highest BCUT2D eigenvalue weighted by molar-refractivity contribution is 7.18. The average Bonchev–Trinajstić information content (AvgIpc) is 2.99. The van der Waals surface area contributed by atoms with Crippen molar-refractivity contribution in [1.82, 2.24) is 9.97 Å². The molecule has 1 aromatic carbocycles. The van der Waals surface area contributed by atoms with E-state index < -0.39 is 0 Å². The van der Waals surface area contributed by atoms with E-state index in [1.807, 2.05) is 30.3 Å². The normalized spacial score (nSPS) is 13.5. The van der Waals surface area contributed by atoms with Crippen LogP contribution in [0.15, 0.2) is 30.3 Å². The van der Waals surface area contributed by atoms with E-state index in [-0.39, 0.29) is 6.61 Å². The first-order valence-electron chi connectivity index (χ1n) is 7.81. The monoisotopic (exact) mass is 320 g/mol. The van der Waals surface area contributed by atoms with Crippen LogP contribution in [0.1, 0.15) is 23.3 Å². The maximum atomic E-state index is 5.77. The highest BCUT2D eigenvalue weighted by Gasteiger charge is 2.22. The Labute approximate surface area is 139 Å². The molecule has 3 nitrogen and oxygen atoms in total. The standard InChI is InChI=1S/C19H16N2OS/c1-2-12-22-18-16-14-10-6-7-11-15(14)23-19(16)21-17(20-18)13-8-4-3-5-9-13/h1,3-5,8-9H,6-7,10-12H2. The first-order valence-corrected chi connectivity index (χ1v) is 8.62. The summed E-state index contributed by atoms with van der Waals surface area (Å²) in [7, 11) is 0. The summed E-state index contributed by atoms with van der Waals surface area (Å²) in [5.41, 5.74) is 2.36. The van der Waals surface area contributed by atoms with E-state index in [0.717, 1.165) is 28.6 Å². The molecule has 0 fully saturated rings. The summed E-state index contributed by atoms with van der Waals surface area (Å²) < 4.78 is 5.77. The van der Waals surface area contributed by atoms with E-state index in [9.17, 15) is 0 Å². The first-order chi connectivity index (χ1) is 11.4. The van der Waals surface area contributed by atoms with Crippen LogP contribution >= 0.6 is 11.3 Å². The van der Waals surface area contributed by atoms with Gasteiger partial charge in [0.25, 0.3) is 0 Å². The third-order valence-electron chi connectivity index (χ3n) is 4.11. The van der Waals surface area contributed by atoms with Crippen LogP contribution in [-0.4, -0.2) is 16.6 Å². The van der Waals surface area contributed by atoms with Crippen molar-refractivity contribution in [2.75, 3.05) is 6.61 Å². The molecule has 2 heterocycles. The summed E-state index contributed by atoms with van der Waals surface area (Å²) in [6.07, 6.45) is 10.0. The number of terminal acetylenes is 1. The number of aryl methyl sites for hydroxylation is 2. The number of thiophene rings is 1. The van der Waals surface area contributed by atoms with Crippen LogP contribution in [0.2, 0.25) is 0 Å². The van der Waals surface area contributed by atoms with Crippen LogP contribution in [0.25, 0.3) is 21.6 Å². The fraction of sp³-hybridized carbons (Fsp3) is 0.263. The highest BCUT2D eigenvalue weighted by Crippen LogP contribution is 2.40. The van der Waals surface area contributed by atoms with E-state index in [4.69, 9.17) is 16.1 Å². The van der Waals surface area contributed by atoms with Crippen LogP contribution in [0.5, 0.6) is 5.88 Å². The number of rotatable bonds is 3. The Morgan fingerprint density at radius 2 is 1.96 bits per heavy atom. The molecule has 0 unspecified atom stereocenters. The molecule has 0 amide bonds. The Morgan fingerprint density at radius 1 is 1.13 bits per heavy atom. The van der Waals surface area contributed by atoms with Gasteiger partial charge in [-0.3, -0.25) is 0 Å². The van der Waals surface area contributed by atoms with Crippen molar-refractivity contribution in [2.45, 2.75) is 25.7 Å². The van der Waals surface area contributed by atoms with Crippen LogP contribution < -0.4 is 4.74 Å². The minimum absolute atomic E-state index is 0.227. The lowest BCUT2D eigenvalue weighted by Crippen LogP contribution is -2.02. The molecule has 0 N–H and O–H groups in total. The lowest BCUT2D eigenvalue weighted by atomic mass is 9.97. The minimum Gasteiger partial charge on any atom is -0.464 e. The van der Waals surface area contributed by atoms with Gasteiger partial charge in [0.05, 0.1) is 5.39 Å². The Morgan fingerprint density at radius 3 is 2.78 bits per heavy atom. The van der Waals surface area contributed by atoms with Gasteiger partial charge in [-0.25, -0.2) is 4.98 Å². The topological polar surface area (TPSA) is 35.0 Å². The predicted octanol–water partition coefficient (Wildman–Crippen LogP) is 4.25. The van der Waals surface area contributed by atoms with Gasteiger partial charge in [-0.1, -0.05) is 36.3 Å². The molecule has 4 heteroatoms. The molecule has 23 heavy (non-hydrogen) atoms. The molecule has 0 aliphatic heterocycles. The zero-order chi connectivity index (χ0) is 15.6. The molecule has 4 rings (SSSR count). The quantitative estimate of drug-likeness (QED) is 0.677. The summed E-state index contributed by atoms with van der Waals surface area (Å²) in [5.74, 6) is 3.86. The van der Waals surface area contributed by atoms with Gasteiger partial charge in [-0.15, -0.1) is 17.8 Å². The third kappa shape index (κ3) is 2.58. The second-order valence-electron chi connectivity index (χ2n) is 5.60. The number of benzene rings is 1. The average molecular weight is 320 g/mol. The van der Waals surface area contributed by atoms with E-state index >= 15 is 0 Å². The maximum Gasteiger partial charge on any atom is 0.227 e. The van der Waals surface area contributed by atoms with Crippen molar-refractivity contribution >= 4 is 21.6 Å². The Bertz CT molecular complexity index is 893. The highest BCUT2D eigenvalue weighted by atomic mass is 32.1. The number of hydrogen-bond acceptors (Lipinski definition) is 4. The Balaban J connectivity index is 1.92. The van der Waals surface area contributed by atoms with Crippen LogP contribution in [-0.2, 0) is 12.8 Å². The molecular weight excluding hydrogens is 304 g/mol. The Kier molecular flexibility index (Phi) is 3.72. The summed E-state index contributed by atoms with van der Waals surface area (Å²) in [5, 5.41) is 1.07. The summed E-state index contributed by atoms with van der Waals surface area (Å²) >= 11 is 1.77. The first kappa shape index (κ1) is 14.2. The van der Waals surface area contributed by atoms with Crippen molar-refractivity contribution in [3.63, 3.8) is 0 Å². The lowest BCUT2D eigenvalue weighted by molar-refractivity contribution is 0.360. The van der Waals surface area contributed by atoms with Gasteiger partial charge in [0.15, 0.2) is 12.4 Å². The predicted molar refractivity (Wildman–Crippen MR) is 93.8 cm³/mol. The molecule has 1 aliphatic rings. The SMILES string of the molecule is C#CCOc1nc(-c2ccccc2)nc2sc3c(c12)CCCC3. The van der Waals surface area contributed by atoms with Crippen molar-refractivity contribution in [3.05, 3.63) is 40.8 Å². The number of fused-ring (bicyclic) bond motifs is 3. The van der Waals surface area contributed by atoms with E-state index in [0.29, 0.717) is 11.7 Å². The molecule has 1 aliphatic carbocycles. The fourth-order valence-electron chi connectivity index (χ4n) is 3.05. The molecule has 114 valence electrons. The Hall–Kier alpha value is -2.38.